The molecule has 1 N–H and O–H groups in total. The van der Waals surface area contributed by atoms with Crippen LogP contribution in [0.4, 0.5) is 0 Å². The highest BCUT2D eigenvalue weighted by Crippen LogP contribution is 2.17. The summed E-state index contributed by atoms with van der Waals surface area (Å²) < 4.78 is 32.6. The van der Waals surface area contributed by atoms with E-state index in [-0.39, 0.29) is 10.5 Å². The van der Waals surface area contributed by atoms with Gasteiger partial charge in [-0.05, 0) is 46.2 Å². The summed E-state index contributed by atoms with van der Waals surface area (Å²) in [7, 11) is -3.73. The average molecular weight is 339 g/mol. The summed E-state index contributed by atoms with van der Waals surface area (Å²) in [6.07, 6.45) is 0.392. The van der Waals surface area contributed by atoms with Crippen LogP contribution in [0.25, 0.3) is 0 Å². The Bertz CT molecular complexity index is 670. The van der Waals surface area contributed by atoms with Gasteiger partial charge in [-0.25, -0.2) is 17.9 Å². The Morgan fingerprint density at radius 2 is 1.78 bits per heavy atom. The molecule has 128 valence electrons. The Hall–Kier alpha value is -1.66. The van der Waals surface area contributed by atoms with Gasteiger partial charge in [0.15, 0.2) is 0 Å². The Morgan fingerprint density at radius 3 is 2.22 bits per heavy atom. The summed E-state index contributed by atoms with van der Waals surface area (Å²) in [6, 6.07) is 5.79. The second-order valence-corrected chi connectivity index (χ2v) is 8.14. The lowest BCUT2D eigenvalue weighted by atomic mass is 10.1. The number of rotatable bonds is 6. The van der Waals surface area contributed by atoms with Gasteiger partial charge in [0, 0.05) is 5.57 Å². The first-order chi connectivity index (χ1) is 10.5. The van der Waals surface area contributed by atoms with E-state index in [1.54, 1.807) is 39.8 Å². The van der Waals surface area contributed by atoms with Crippen molar-refractivity contribution in [3.8, 4) is 0 Å². The van der Waals surface area contributed by atoms with Gasteiger partial charge in [0.1, 0.15) is 5.60 Å². The number of carbonyl (C=O) groups is 1. The van der Waals surface area contributed by atoms with Gasteiger partial charge in [-0.15, -0.1) is 0 Å². The van der Waals surface area contributed by atoms with Crippen LogP contribution in [0.15, 0.2) is 41.3 Å². The molecule has 0 saturated carbocycles. The molecule has 0 aliphatic carbocycles. The van der Waals surface area contributed by atoms with Crippen molar-refractivity contribution in [2.75, 3.05) is 0 Å². The monoisotopic (exact) mass is 339 g/mol. The molecule has 0 unspecified atom stereocenters. The third kappa shape index (κ3) is 5.80. The van der Waals surface area contributed by atoms with E-state index in [1.807, 2.05) is 6.92 Å². The lowest BCUT2D eigenvalue weighted by Crippen LogP contribution is -2.39. The second-order valence-electron chi connectivity index (χ2n) is 6.42. The summed E-state index contributed by atoms with van der Waals surface area (Å²) in [4.78, 5) is 12.2. The highest BCUT2D eigenvalue weighted by Gasteiger charge is 2.27. The second kappa shape index (κ2) is 7.27. The SMILES string of the molecule is C=C(C(=O)OC(C)(C)C)[C@H](CC)NS(=O)(=O)c1ccc(C)cc1. The van der Waals surface area contributed by atoms with Crippen molar-refractivity contribution in [2.45, 2.75) is 57.6 Å². The molecule has 1 aromatic carbocycles. The van der Waals surface area contributed by atoms with Gasteiger partial charge in [-0.2, -0.15) is 0 Å². The molecular weight excluding hydrogens is 314 g/mol. The molecule has 0 amide bonds. The highest BCUT2D eigenvalue weighted by atomic mass is 32.2. The minimum atomic E-state index is -3.73. The lowest BCUT2D eigenvalue weighted by molar-refractivity contribution is -0.150. The van der Waals surface area contributed by atoms with Crippen molar-refractivity contribution in [1.29, 1.82) is 0 Å². The van der Waals surface area contributed by atoms with Gasteiger partial charge in [-0.1, -0.05) is 31.2 Å². The fraction of sp³-hybridized carbons (Fsp3) is 0.471. The van der Waals surface area contributed by atoms with Gasteiger partial charge in [0.2, 0.25) is 10.0 Å². The van der Waals surface area contributed by atoms with Crippen LogP contribution in [0, 0.1) is 6.92 Å². The number of ether oxygens (including phenoxy) is 1. The quantitative estimate of drug-likeness (QED) is 0.639. The third-order valence-electron chi connectivity index (χ3n) is 3.12. The van der Waals surface area contributed by atoms with E-state index in [0.29, 0.717) is 6.42 Å². The molecule has 5 nitrogen and oxygen atoms in total. The molecule has 0 spiro atoms. The number of hydrogen-bond acceptors (Lipinski definition) is 4. The summed E-state index contributed by atoms with van der Waals surface area (Å²) in [5, 5.41) is 0. The fourth-order valence-electron chi connectivity index (χ4n) is 1.86. The number of hydrogen-bond donors (Lipinski definition) is 1. The number of aryl methyl sites for hydroxylation is 1. The average Bonchev–Trinajstić information content (AvgIpc) is 2.42. The first kappa shape index (κ1) is 19.4. The first-order valence-electron chi connectivity index (χ1n) is 7.47. The van der Waals surface area contributed by atoms with Crippen molar-refractivity contribution >= 4 is 16.0 Å². The van der Waals surface area contributed by atoms with Crippen LogP contribution in [0.5, 0.6) is 0 Å². The molecule has 0 fully saturated rings. The molecule has 1 aromatic rings. The van der Waals surface area contributed by atoms with Gasteiger partial charge in [-0.3, -0.25) is 0 Å². The van der Waals surface area contributed by atoms with E-state index >= 15 is 0 Å². The molecule has 0 heterocycles. The number of carbonyl (C=O) groups excluding carboxylic acids is 1. The number of benzene rings is 1. The molecule has 0 aliphatic heterocycles. The maximum atomic E-state index is 12.4. The molecule has 23 heavy (non-hydrogen) atoms. The molecule has 0 radical (unpaired) electrons. The predicted octanol–water partition coefficient (Wildman–Crippen LogP) is 2.95. The minimum Gasteiger partial charge on any atom is -0.457 e. The highest BCUT2D eigenvalue weighted by molar-refractivity contribution is 7.89. The number of sulfonamides is 1. The minimum absolute atomic E-state index is 0.0955. The fourth-order valence-corrected chi connectivity index (χ4v) is 3.17. The van der Waals surface area contributed by atoms with Gasteiger partial charge in [0.25, 0.3) is 0 Å². The van der Waals surface area contributed by atoms with E-state index in [0.717, 1.165) is 5.56 Å². The van der Waals surface area contributed by atoms with Gasteiger partial charge >= 0.3 is 5.97 Å². The van der Waals surface area contributed by atoms with Crippen LogP contribution >= 0.6 is 0 Å². The zero-order valence-corrected chi connectivity index (χ0v) is 15.2. The van der Waals surface area contributed by atoms with Crippen molar-refractivity contribution in [2.24, 2.45) is 0 Å². The molecule has 0 aromatic heterocycles. The van der Waals surface area contributed by atoms with E-state index in [2.05, 4.69) is 11.3 Å². The first-order valence-corrected chi connectivity index (χ1v) is 8.95. The van der Waals surface area contributed by atoms with Crippen molar-refractivity contribution < 1.29 is 17.9 Å². The van der Waals surface area contributed by atoms with Crippen LogP contribution in [-0.2, 0) is 19.6 Å². The Kier molecular flexibility index (Phi) is 6.13. The van der Waals surface area contributed by atoms with Crippen LogP contribution < -0.4 is 4.72 Å². The lowest BCUT2D eigenvalue weighted by Gasteiger charge is -2.24. The Balaban J connectivity index is 2.92. The normalized spacial score (nSPS) is 13.4. The number of nitrogens with one attached hydrogen (secondary N) is 1. The third-order valence-corrected chi connectivity index (χ3v) is 4.61. The maximum absolute atomic E-state index is 12.4. The van der Waals surface area contributed by atoms with Crippen molar-refractivity contribution in [3.63, 3.8) is 0 Å². The summed E-state index contributed by atoms with van der Waals surface area (Å²) >= 11 is 0. The molecule has 0 aliphatic rings. The van der Waals surface area contributed by atoms with E-state index in [4.69, 9.17) is 4.74 Å². The van der Waals surface area contributed by atoms with Crippen LogP contribution in [0.3, 0.4) is 0 Å². The Morgan fingerprint density at radius 1 is 1.26 bits per heavy atom. The molecule has 0 bridgehead atoms. The van der Waals surface area contributed by atoms with Gasteiger partial charge in [0.05, 0.1) is 10.9 Å². The zero-order chi connectivity index (χ0) is 17.8. The summed E-state index contributed by atoms with van der Waals surface area (Å²) in [5.41, 5.74) is 0.404. The molecular formula is C17H25NO4S. The van der Waals surface area contributed by atoms with Gasteiger partial charge < -0.3 is 4.74 Å². The standard InChI is InChI=1S/C17H25NO4S/c1-7-15(13(3)16(19)22-17(4,5)6)18-23(20,21)14-10-8-12(2)9-11-14/h8-11,15,18H,3,7H2,1-2,4-6H3/t15-/m0/s1. The topological polar surface area (TPSA) is 72.5 Å². The van der Waals surface area contributed by atoms with Crippen LogP contribution in [-0.4, -0.2) is 26.0 Å². The van der Waals surface area contributed by atoms with Crippen LogP contribution in [0.2, 0.25) is 0 Å². The van der Waals surface area contributed by atoms with Crippen LogP contribution in [0.1, 0.15) is 39.7 Å². The summed E-state index contributed by atoms with van der Waals surface area (Å²) in [5.74, 6) is -0.601. The number of esters is 1. The van der Waals surface area contributed by atoms with E-state index in [9.17, 15) is 13.2 Å². The maximum Gasteiger partial charge on any atom is 0.335 e. The van der Waals surface area contributed by atoms with Crippen molar-refractivity contribution in [1.82, 2.24) is 4.72 Å². The van der Waals surface area contributed by atoms with E-state index in [1.165, 1.54) is 12.1 Å². The Labute approximate surface area is 138 Å². The zero-order valence-electron chi connectivity index (χ0n) is 14.3. The molecule has 1 rings (SSSR count). The van der Waals surface area contributed by atoms with Crippen molar-refractivity contribution in [3.05, 3.63) is 42.0 Å². The predicted molar refractivity (Wildman–Crippen MR) is 90.6 cm³/mol. The molecule has 1 atom stereocenters. The summed E-state index contributed by atoms with van der Waals surface area (Å²) in [6.45, 7) is 12.6. The smallest absolute Gasteiger partial charge is 0.335 e. The molecule has 6 heteroatoms. The largest absolute Gasteiger partial charge is 0.457 e. The molecule has 0 saturated heterocycles. The van der Waals surface area contributed by atoms with E-state index < -0.39 is 27.6 Å².